The van der Waals surface area contributed by atoms with Crippen LogP contribution in [0.15, 0.2) is 66.9 Å². The van der Waals surface area contributed by atoms with Gasteiger partial charge >= 0.3 is 0 Å². The van der Waals surface area contributed by atoms with E-state index in [1.807, 2.05) is 30.5 Å². The van der Waals surface area contributed by atoms with E-state index in [1.165, 1.54) is 17.2 Å². The zero-order valence-corrected chi connectivity index (χ0v) is 14.6. The molecule has 1 heterocycles. The van der Waals surface area contributed by atoms with E-state index < -0.39 is 0 Å². The van der Waals surface area contributed by atoms with E-state index in [4.69, 9.17) is 11.6 Å². The molecule has 5 heteroatoms. The monoisotopic (exact) mass is 351 g/mol. The highest BCUT2D eigenvalue weighted by atomic mass is 35.5. The number of rotatable bonds is 5. The van der Waals surface area contributed by atoms with Crippen molar-refractivity contribution in [3.8, 4) is 0 Å². The van der Waals surface area contributed by atoms with Crippen LogP contribution < -0.4 is 5.32 Å². The van der Waals surface area contributed by atoms with Gasteiger partial charge in [-0.15, -0.1) is 0 Å². The zero-order valence-electron chi connectivity index (χ0n) is 13.8. The first-order valence-corrected chi connectivity index (χ1v) is 8.30. The number of amides is 1. The molecule has 0 fully saturated rings. The van der Waals surface area contributed by atoms with Gasteiger partial charge in [-0.1, -0.05) is 59.6 Å². The molecule has 0 unspecified atom stereocenters. The topological polar surface area (TPSA) is 46.9 Å². The standard InChI is InChI=1S/C20H18ClN3O/c1-15-5-4-6-16(13-15)14-24-12-11-19(23-24)22-20(25)10-9-17-7-2-3-8-18(17)21/h2-13H,14H2,1H3,(H,22,23,25)/b10-9+. The molecule has 0 saturated heterocycles. The van der Waals surface area contributed by atoms with Crippen LogP contribution in [0.1, 0.15) is 16.7 Å². The number of carbonyl (C=O) groups excluding carboxylic acids is 1. The predicted octanol–water partition coefficient (Wildman–Crippen LogP) is 4.55. The van der Waals surface area contributed by atoms with E-state index in [-0.39, 0.29) is 5.91 Å². The average Bonchev–Trinajstić information content (AvgIpc) is 3.01. The Morgan fingerprint density at radius 2 is 2.04 bits per heavy atom. The van der Waals surface area contributed by atoms with Crippen LogP contribution in [0, 0.1) is 6.92 Å². The van der Waals surface area contributed by atoms with Crippen LogP contribution >= 0.6 is 11.6 Å². The fourth-order valence-electron chi connectivity index (χ4n) is 2.46. The van der Waals surface area contributed by atoms with Gasteiger partial charge in [0, 0.05) is 23.4 Å². The molecule has 0 aliphatic carbocycles. The summed E-state index contributed by atoms with van der Waals surface area (Å²) < 4.78 is 1.79. The van der Waals surface area contributed by atoms with Crippen LogP contribution in [-0.2, 0) is 11.3 Å². The van der Waals surface area contributed by atoms with Gasteiger partial charge in [-0.3, -0.25) is 9.48 Å². The van der Waals surface area contributed by atoms with Crippen molar-refractivity contribution in [2.45, 2.75) is 13.5 Å². The number of aromatic nitrogens is 2. The smallest absolute Gasteiger partial charge is 0.249 e. The van der Waals surface area contributed by atoms with Crippen molar-refractivity contribution < 1.29 is 4.79 Å². The summed E-state index contributed by atoms with van der Waals surface area (Å²) in [5, 5.41) is 7.73. The van der Waals surface area contributed by atoms with Gasteiger partial charge < -0.3 is 5.32 Å². The molecule has 3 rings (SSSR count). The molecular weight excluding hydrogens is 334 g/mol. The van der Waals surface area contributed by atoms with E-state index in [0.717, 1.165) is 5.56 Å². The van der Waals surface area contributed by atoms with Gasteiger partial charge in [0.05, 0.1) is 6.54 Å². The minimum atomic E-state index is -0.249. The van der Waals surface area contributed by atoms with Gasteiger partial charge in [0.1, 0.15) is 0 Å². The van der Waals surface area contributed by atoms with Crippen molar-refractivity contribution in [1.29, 1.82) is 0 Å². The Hall–Kier alpha value is -2.85. The van der Waals surface area contributed by atoms with E-state index >= 15 is 0 Å². The molecule has 0 aliphatic heterocycles. The van der Waals surface area contributed by atoms with Gasteiger partial charge in [-0.25, -0.2) is 0 Å². The highest BCUT2D eigenvalue weighted by Crippen LogP contribution is 2.16. The third kappa shape index (κ3) is 4.81. The summed E-state index contributed by atoms with van der Waals surface area (Å²) in [7, 11) is 0. The van der Waals surface area contributed by atoms with Crippen molar-refractivity contribution in [2.75, 3.05) is 5.32 Å². The first-order chi connectivity index (χ1) is 12.1. The summed E-state index contributed by atoms with van der Waals surface area (Å²) in [6, 6.07) is 17.4. The number of anilines is 1. The number of hydrogen-bond acceptors (Lipinski definition) is 2. The minimum absolute atomic E-state index is 0.249. The Morgan fingerprint density at radius 1 is 1.20 bits per heavy atom. The molecule has 0 radical (unpaired) electrons. The molecule has 1 amide bonds. The highest BCUT2D eigenvalue weighted by molar-refractivity contribution is 6.32. The molecule has 0 atom stereocenters. The summed E-state index contributed by atoms with van der Waals surface area (Å²) in [6.07, 6.45) is 4.97. The molecule has 0 saturated carbocycles. The molecule has 0 aliphatic rings. The summed E-state index contributed by atoms with van der Waals surface area (Å²) >= 11 is 6.06. The molecule has 4 nitrogen and oxygen atoms in total. The van der Waals surface area contributed by atoms with E-state index in [1.54, 1.807) is 22.9 Å². The molecular formula is C20H18ClN3O. The number of hydrogen-bond donors (Lipinski definition) is 1. The average molecular weight is 352 g/mol. The first-order valence-electron chi connectivity index (χ1n) is 7.93. The van der Waals surface area contributed by atoms with Crippen molar-refractivity contribution in [2.24, 2.45) is 0 Å². The second kappa shape index (κ2) is 7.81. The molecule has 3 aromatic rings. The molecule has 1 N–H and O–H groups in total. The van der Waals surface area contributed by atoms with Crippen LogP contribution in [0.3, 0.4) is 0 Å². The fraction of sp³-hybridized carbons (Fsp3) is 0.100. The summed E-state index contributed by atoms with van der Waals surface area (Å²) in [5.41, 5.74) is 3.17. The molecule has 126 valence electrons. The molecule has 2 aromatic carbocycles. The Labute approximate surface area is 151 Å². The summed E-state index contributed by atoms with van der Waals surface area (Å²) in [5.74, 6) is 0.266. The van der Waals surface area contributed by atoms with Crippen molar-refractivity contribution >= 4 is 29.4 Å². The van der Waals surface area contributed by atoms with Gasteiger partial charge in [0.15, 0.2) is 5.82 Å². The van der Waals surface area contributed by atoms with Crippen molar-refractivity contribution in [3.05, 3.63) is 88.6 Å². The van der Waals surface area contributed by atoms with E-state index in [9.17, 15) is 4.79 Å². The fourth-order valence-corrected chi connectivity index (χ4v) is 2.66. The lowest BCUT2D eigenvalue weighted by atomic mass is 10.1. The van der Waals surface area contributed by atoms with Crippen LogP contribution in [0.4, 0.5) is 5.82 Å². The lowest BCUT2D eigenvalue weighted by Crippen LogP contribution is -2.09. The quantitative estimate of drug-likeness (QED) is 0.686. The van der Waals surface area contributed by atoms with Gasteiger partial charge in [0.2, 0.25) is 5.91 Å². The molecule has 0 bridgehead atoms. The van der Waals surface area contributed by atoms with E-state index in [2.05, 4.69) is 35.5 Å². The maximum atomic E-state index is 12.0. The SMILES string of the molecule is Cc1cccc(Cn2ccc(NC(=O)/C=C/c3ccccc3Cl)n2)c1. The molecule has 0 spiro atoms. The zero-order chi connectivity index (χ0) is 17.6. The third-order valence-corrected chi connectivity index (χ3v) is 3.98. The maximum absolute atomic E-state index is 12.0. The summed E-state index contributed by atoms with van der Waals surface area (Å²) in [4.78, 5) is 12.0. The lowest BCUT2D eigenvalue weighted by molar-refractivity contribution is -0.111. The predicted molar refractivity (Wildman–Crippen MR) is 102 cm³/mol. The van der Waals surface area contributed by atoms with E-state index in [0.29, 0.717) is 17.4 Å². The largest absolute Gasteiger partial charge is 0.306 e. The Kier molecular flexibility index (Phi) is 5.31. The maximum Gasteiger partial charge on any atom is 0.249 e. The Morgan fingerprint density at radius 3 is 2.84 bits per heavy atom. The number of benzene rings is 2. The third-order valence-electron chi connectivity index (χ3n) is 3.64. The number of aryl methyl sites for hydroxylation is 1. The van der Waals surface area contributed by atoms with Crippen LogP contribution in [-0.4, -0.2) is 15.7 Å². The van der Waals surface area contributed by atoms with Crippen LogP contribution in [0.2, 0.25) is 5.02 Å². The van der Waals surface area contributed by atoms with Crippen molar-refractivity contribution in [3.63, 3.8) is 0 Å². The van der Waals surface area contributed by atoms with Crippen LogP contribution in [0.5, 0.6) is 0 Å². The number of halogens is 1. The van der Waals surface area contributed by atoms with Gasteiger partial charge in [0.25, 0.3) is 0 Å². The van der Waals surface area contributed by atoms with Crippen molar-refractivity contribution in [1.82, 2.24) is 9.78 Å². The number of nitrogens with one attached hydrogen (secondary N) is 1. The minimum Gasteiger partial charge on any atom is -0.306 e. The molecule has 25 heavy (non-hydrogen) atoms. The van der Waals surface area contributed by atoms with Crippen LogP contribution in [0.25, 0.3) is 6.08 Å². The lowest BCUT2D eigenvalue weighted by Gasteiger charge is -2.03. The van der Waals surface area contributed by atoms with Gasteiger partial charge in [-0.2, -0.15) is 5.10 Å². The first kappa shape index (κ1) is 17.0. The Bertz CT molecular complexity index is 915. The highest BCUT2D eigenvalue weighted by Gasteiger charge is 2.03. The second-order valence-corrected chi connectivity index (χ2v) is 6.14. The second-order valence-electron chi connectivity index (χ2n) is 5.73. The van der Waals surface area contributed by atoms with Gasteiger partial charge in [-0.05, 0) is 30.2 Å². The normalized spacial score (nSPS) is 11.0. The molecule has 1 aromatic heterocycles. The number of carbonyl (C=O) groups is 1. The Balaban J connectivity index is 1.61. The number of nitrogens with zero attached hydrogens (tertiary/aromatic N) is 2. The summed E-state index contributed by atoms with van der Waals surface area (Å²) in [6.45, 7) is 2.72.